The van der Waals surface area contributed by atoms with Gasteiger partial charge in [-0.25, -0.2) is 14.8 Å². The molecule has 0 unspecified atom stereocenters. The van der Waals surface area contributed by atoms with E-state index in [-0.39, 0.29) is 0 Å². The van der Waals surface area contributed by atoms with Crippen molar-refractivity contribution >= 4 is 40.2 Å². The number of nitrogens with one attached hydrogen (secondary N) is 1. The van der Waals surface area contributed by atoms with Gasteiger partial charge in [-0.3, -0.25) is 4.79 Å². The fourth-order valence-corrected chi connectivity index (χ4v) is 3.91. The van der Waals surface area contributed by atoms with E-state index in [9.17, 15) is 9.59 Å². The summed E-state index contributed by atoms with van der Waals surface area (Å²) in [6.45, 7) is -0.457. The highest BCUT2D eigenvalue weighted by Gasteiger charge is 2.17. The van der Waals surface area contributed by atoms with Gasteiger partial charge in [0.2, 0.25) is 0 Å². The van der Waals surface area contributed by atoms with Crippen LogP contribution in [0.3, 0.4) is 0 Å². The topological polar surface area (TPSA) is 81.2 Å². The number of pyridine rings is 2. The third-order valence-electron chi connectivity index (χ3n) is 5.55. The minimum atomic E-state index is -0.616. The molecule has 5 rings (SSSR count). The van der Waals surface area contributed by atoms with Crippen LogP contribution in [-0.2, 0) is 9.53 Å². The molecule has 0 spiro atoms. The van der Waals surface area contributed by atoms with E-state index in [4.69, 9.17) is 21.3 Å². The molecule has 0 aliphatic carbocycles. The summed E-state index contributed by atoms with van der Waals surface area (Å²) in [6.07, 6.45) is 1.42. The minimum absolute atomic E-state index is 0.316. The van der Waals surface area contributed by atoms with Crippen LogP contribution < -0.4 is 5.32 Å². The predicted octanol–water partition coefficient (Wildman–Crippen LogP) is 6.41. The van der Waals surface area contributed by atoms with Crippen LogP contribution in [0.5, 0.6) is 0 Å². The van der Waals surface area contributed by atoms with Crippen molar-refractivity contribution in [1.82, 2.24) is 9.97 Å². The number of para-hydroxylation sites is 1. The molecule has 6 nitrogen and oxygen atoms in total. The Hall–Kier alpha value is -4.55. The van der Waals surface area contributed by atoms with Crippen LogP contribution >= 0.6 is 11.6 Å². The molecule has 176 valence electrons. The molecule has 1 N–H and O–H groups in total. The lowest BCUT2D eigenvalue weighted by atomic mass is 10.0. The van der Waals surface area contributed by atoms with Crippen molar-refractivity contribution in [2.45, 2.75) is 0 Å². The van der Waals surface area contributed by atoms with Crippen LogP contribution in [0.15, 0.2) is 103 Å². The Morgan fingerprint density at radius 2 is 1.50 bits per heavy atom. The van der Waals surface area contributed by atoms with Crippen LogP contribution in [0.25, 0.3) is 33.3 Å². The zero-order valence-corrected chi connectivity index (χ0v) is 19.8. The second kappa shape index (κ2) is 10.4. The number of halogens is 1. The Kier molecular flexibility index (Phi) is 6.69. The van der Waals surface area contributed by atoms with Gasteiger partial charge in [0.15, 0.2) is 6.61 Å². The highest BCUT2D eigenvalue weighted by Crippen LogP contribution is 2.28. The summed E-state index contributed by atoms with van der Waals surface area (Å²) in [6, 6.07) is 30.3. The van der Waals surface area contributed by atoms with E-state index in [2.05, 4.69) is 22.4 Å². The Balaban J connectivity index is 1.37. The van der Waals surface area contributed by atoms with Gasteiger partial charge in [0.05, 0.1) is 21.8 Å². The molecular weight excluding hydrogens is 474 g/mol. The molecule has 1 amide bonds. The molecule has 0 fully saturated rings. The largest absolute Gasteiger partial charge is 0.452 e. The summed E-state index contributed by atoms with van der Waals surface area (Å²) in [4.78, 5) is 34.0. The predicted molar refractivity (Wildman–Crippen MR) is 141 cm³/mol. The first-order valence-corrected chi connectivity index (χ1v) is 11.6. The maximum atomic E-state index is 13.0. The highest BCUT2D eigenvalue weighted by molar-refractivity contribution is 6.30. The highest BCUT2D eigenvalue weighted by atomic mass is 35.5. The van der Waals surface area contributed by atoms with Crippen molar-refractivity contribution in [3.8, 4) is 22.4 Å². The summed E-state index contributed by atoms with van der Waals surface area (Å²) in [7, 11) is 0. The molecule has 36 heavy (non-hydrogen) atoms. The fourth-order valence-electron chi connectivity index (χ4n) is 3.79. The van der Waals surface area contributed by atoms with E-state index in [0.29, 0.717) is 33.0 Å². The van der Waals surface area contributed by atoms with Crippen molar-refractivity contribution in [1.29, 1.82) is 0 Å². The maximum Gasteiger partial charge on any atom is 0.339 e. The summed E-state index contributed by atoms with van der Waals surface area (Å²) < 4.78 is 5.33. The monoisotopic (exact) mass is 493 g/mol. The van der Waals surface area contributed by atoms with E-state index in [0.717, 1.165) is 16.7 Å². The molecule has 0 bridgehead atoms. The third-order valence-corrected chi connectivity index (χ3v) is 5.78. The lowest BCUT2D eigenvalue weighted by molar-refractivity contribution is -0.119. The second-order valence-electron chi connectivity index (χ2n) is 8.00. The number of ether oxygens (including phenoxy) is 1. The van der Waals surface area contributed by atoms with Gasteiger partial charge in [0, 0.05) is 17.1 Å². The molecule has 7 heteroatoms. The standard InChI is InChI=1S/C29H20ClN3O3/c30-22-14-15-27(31-17-22)33-28(34)18-36-29(35)24-16-26(32-25-9-5-4-8-23(24)25)21-12-10-20(11-13-21)19-6-2-1-3-7-19/h1-17H,18H2,(H,31,33,34). The Bertz CT molecular complexity index is 1540. The van der Waals surface area contributed by atoms with E-state index < -0.39 is 18.5 Å². The Labute approximate surface area is 212 Å². The number of aromatic nitrogens is 2. The van der Waals surface area contributed by atoms with Gasteiger partial charge in [-0.05, 0) is 35.4 Å². The lowest BCUT2D eigenvalue weighted by Gasteiger charge is -2.11. The average Bonchev–Trinajstić information content (AvgIpc) is 2.93. The third kappa shape index (κ3) is 5.24. The van der Waals surface area contributed by atoms with Gasteiger partial charge < -0.3 is 10.1 Å². The van der Waals surface area contributed by atoms with Crippen molar-refractivity contribution < 1.29 is 14.3 Å². The van der Waals surface area contributed by atoms with E-state index in [1.165, 1.54) is 6.20 Å². The molecule has 2 aromatic heterocycles. The molecule has 2 heterocycles. The minimum Gasteiger partial charge on any atom is -0.452 e. The van der Waals surface area contributed by atoms with Crippen molar-refractivity contribution in [3.05, 3.63) is 114 Å². The van der Waals surface area contributed by atoms with E-state index in [1.54, 1.807) is 24.3 Å². The van der Waals surface area contributed by atoms with E-state index >= 15 is 0 Å². The first-order valence-electron chi connectivity index (χ1n) is 11.2. The summed E-state index contributed by atoms with van der Waals surface area (Å²) >= 11 is 5.81. The smallest absolute Gasteiger partial charge is 0.339 e. The number of carbonyl (C=O) groups excluding carboxylic acids is 2. The van der Waals surface area contributed by atoms with Gasteiger partial charge in [-0.2, -0.15) is 0 Å². The van der Waals surface area contributed by atoms with Gasteiger partial charge >= 0.3 is 5.97 Å². The molecule has 0 saturated carbocycles. The van der Waals surface area contributed by atoms with Gasteiger partial charge in [-0.1, -0.05) is 84.4 Å². The Morgan fingerprint density at radius 3 is 2.25 bits per heavy atom. The number of amides is 1. The second-order valence-corrected chi connectivity index (χ2v) is 8.44. The molecule has 0 atom stereocenters. The van der Waals surface area contributed by atoms with Gasteiger partial charge in [0.1, 0.15) is 5.82 Å². The number of anilines is 1. The van der Waals surface area contributed by atoms with Crippen LogP contribution in [-0.4, -0.2) is 28.5 Å². The zero-order valence-electron chi connectivity index (χ0n) is 19.0. The maximum absolute atomic E-state index is 13.0. The first-order chi connectivity index (χ1) is 17.6. The Morgan fingerprint density at radius 1 is 0.806 bits per heavy atom. The quantitative estimate of drug-likeness (QED) is 0.276. The van der Waals surface area contributed by atoms with Crippen molar-refractivity contribution in [2.24, 2.45) is 0 Å². The summed E-state index contributed by atoms with van der Waals surface area (Å²) in [5.74, 6) is -0.806. The van der Waals surface area contributed by atoms with Gasteiger partial charge in [0.25, 0.3) is 5.91 Å². The average molecular weight is 494 g/mol. The SMILES string of the molecule is O=C(COC(=O)c1cc(-c2ccc(-c3ccccc3)cc2)nc2ccccc12)Nc1ccc(Cl)cn1. The molecule has 0 aliphatic heterocycles. The molecule has 0 radical (unpaired) electrons. The molecule has 5 aromatic rings. The zero-order chi connectivity index (χ0) is 24.9. The van der Waals surface area contributed by atoms with E-state index in [1.807, 2.05) is 60.7 Å². The van der Waals surface area contributed by atoms with Crippen LogP contribution in [0.2, 0.25) is 5.02 Å². The van der Waals surface area contributed by atoms with Gasteiger partial charge in [-0.15, -0.1) is 0 Å². The van der Waals surface area contributed by atoms with Crippen LogP contribution in [0.4, 0.5) is 5.82 Å². The number of benzene rings is 3. The molecular formula is C29H20ClN3O3. The number of hydrogen-bond acceptors (Lipinski definition) is 5. The molecule has 3 aromatic carbocycles. The molecule has 0 saturated heterocycles. The van der Waals surface area contributed by atoms with Crippen LogP contribution in [0.1, 0.15) is 10.4 Å². The lowest BCUT2D eigenvalue weighted by Crippen LogP contribution is -2.21. The number of rotatable bonds is 6. The summed E-state index contributed by atoms with van der Waals surface area (Å²) in [5, 5.41) is 3.67. The number of esters is 1. The molecule has 0 aliphatic rings. The first kappa shape index (κ1) is 23.2. The van der Waals surface area contributed by atoms with Crippen molar-refractivity contribution in [2.75, 3.05) is 11.9 Å². The fraction of sp³-hybridized carbons (Fsp3) is 0.0345. The number of hydrogen-bond donors (Lipinski definition) is 1. The number of nitrogens with zero attached hydrogens (tertiary/aromatic N) is 2. The normalized spacial score (nSPS) is 10.7. The number of carbonyl (C=O) groups is 2. The van der Waals surface area contributed by atoms with Crippen LogP contribution in [0, 0.1) is 0 Å². The van der Waals surface area contributed by atoms with Crippen molar-refractivity contribution in [3.63, 3.8) is 0 Å². The summed E-state index contributed by atoms with van der Waals surface area (Å²) in [5.41, 5.74) is 4.69. The number of fused-ring (bicyclic) bond motifs is 1.